The third-order valence-corrected chi connectivity index (χ3v) is 7.30. The van der Waals surface area contributed by atoms with Crippen molar-refractivity contribution in [2.75, 3.05) is 5.32 Å². The number of rotatable bonds is 5. The van der Waals surface area contributed by atoms with Gasteiger partial charge in [0.15, 0.2) is 0 Å². The molecule has 0 aliphatic carbocycles. The predicted molar refractivity (Wildman–Crippen MR) is 125 cm³/mol. The maximum atomic E-state index is 6.06. The second kappa shape index (κ2) is 8.61. The molecule has 4 rings (SSSR count). The highest BCUT2D eigenvalue weighted by atomic mass is 35.5. The van der Waals surface area contributed by atoms with Crippen molar-refractivity contribution in [2.24, 2.45) is 0 Å². The van der Waals surface area contributed by atoms with Gasteiger partial charge in [0.25, 0.3) is 0 Å². The van der Waals surface area contributed by atoms with Gasteiger partial charge in [0.1, 0.15) is 0 Å². The third kappa shape index (κ3) is 4.28. The van der Waals surface area contributed by atoms with Gasteiger partial charge in [-0.15, -0.1) is 0 Å². The zero-order valence-corrected chi connectivity index (χ0v) is 17.3. The summed E-state index contributed by atoms with van der Waals surface area (Å²) in [6.07, 6.45) is 0. The van der Waals surface area contributed by atoms with E-state index in [0.717, 1.165) is 16.4 Å². The monoisotopic (exact) mass is 401 g/mol. The van der Waals surface area contributed by atoms with Crippen molar-refractivity contribution in [3.8, 4) is 0 Å². The van der Waals surface area contributed by atoms with Crippen LogP contribution in [0.3, 0.4) is 0 Å². The molecule has 4 aromatic carbocycles. The fourth-order valence-corrected chi connectivity index (χ4v) is 5.72. The SMILES string of the molecule is Cc1ccc(P(c2ccccc2)c2ccccc2)c(Nc2ccc(Cl)cc2)c1. The number of nitrogens with one attached hydrogen (secondary N) is 1. The minimum atomic E-state index is -0.670. The number of aryl methyl sites for hydroxylation is 1. The van der Waals surface area contributed by atoms with Gasteiger partial charge in [-0.25, -0.2) is 0 Å². The van der Waals surface area contributed by atoms with Gasteiger partial charge in [0, 0.05) is 21.7 Å². The van der Waals surface area contributed by atoms with E-state index in [1.54, 1.807) is 0 Å². The standard InChI is InChI=1S/C25H21ClNP/c1-19-12-17-25(24(18-19)27-21-15-13-20(26)14-16-21)28(22-8-4-2-5-9-22)23-10-6-3-7-11-23/h2-18,27H,1H3. The summed E-state index contributed by atoms with van der Waals surface area (Å²) in [6.45, 7) is 2.13. The lowest BCUT2D eigenvalue weighted by atomic mass is 10.2. The second-order valence-corrected chi connectivity index (χ2v) is 9.28. The molecule has 0 radical (unpaired) electrons. The molecule has 0 heterocycles. The summed E-state index contributed by atoms with van der Waals surface area (Å²) < 4.78 is 0. The van der Waals surface area contributed by atoms with Crippen LogP contribution in [0.5, 0.6) is 0 Å². The highest BCUT2D eigenvalue weighted by molar-refractivity contribution is 7.80. The fraction of sp³-hybridized carbons (Fsp3) is 0.0400. The van der Waals surface area contributed by atoms with Crippen LogP contribution in [0.25, 0.3) is 0 Å². The van der Waals surface area contributed by atoms with Gasteiger partial charge in [0.05, 0.1) is 0 Å². The Kier molecular flexibility index (Phi) is 5.76. The Balaban J connectivity index is 1.83. The van der Waals surface area contributed by atoms with Crippen molar-refractivity contribution in [3.05, 3.63) is 114 Å². The molecule has 0 aromatic heterocycles. The first-order chi connectivity index (χ1) is 13.7. The van der Waals surface area contributed by atoms with E-state index >= 15 is 0 Å². The van der Waals surface area contributed by atoms with Crippen LogP contribution in [-0.2, 0) is 0 Å². The molecule has 1 nitrogen and oxygen atoms in total. The highest BCUT2D eigenvalue weighted by Crippen LogP contribution is 2.36. The van der Waals surface area contributed by atoms with E-state index in [1.165, 1.54) is 21.5 Å². The number of halogens is 1. The maximum Gasteiger partial charge on any atom is 0.0471 e. The van der Waals surface area contributed by atoms with E-state index in [2.05, 4.69) is 91.1 Å². The van der Waals surface area contributed by atoms with Gasteiger partial charge in [-0.2, -0.15) is 0 Å². The van der Waals surface area contributed by atoms with Crippen LogP contribution in [0.15, 0.2) is 103 Å². The highest BCUT2D eigenvalue weighted by Gasteiger charge is 2.19. The quantitative estimate of drug-likeness (QED) is 0.395. The topological polar surface area (TPSA) is 12.0 Å². The summed E-state index contributed by atoms with van der Waals surface area (Å²) in [5.74, 6) is 0. The Morgan fingerprint density at radius 1 is 0.679 bits per heavy atom. The molecule has 0 atom stereocenters. The van der Waals surface area contributed by atoms with Crippen LogP contribution < -0.4 is 21.2 Å². The van der Waals surface area contributed by atoms with E-state index in [9.17, 15) is 0 Å². The first-order valence-corrected chi connectivity index (χ1v) is 11.0. The van der Waals surface area contributed by atoms with Crippen LogP contribution in [0.2, 0.25) is 5.02 Å². The second-order valence-electron chi connectivity index (χ2n) is 6.66. The van der Waals surface area contributed by atoms with Crippen molar-refractivity contribution >= 4 is 46.8 Å². The van der Waals surface area contributed by atoms with Crippen LogP contribution in [-0.4, -0.2) is 0 Å². The largest absolute Gasteiger partial charge is 0.355 e. The Morgan fingerprint density at radius 3 is 1.82 bits per heavy atom. The molecular weight excluding hydrogens is 381 g/mol. The number of anilines is 2. The third-order valence-electron chi connectivity index (χ3n) is 4.54. The van der Waals surface area contributed by atoms with Crippen LogP contribution in [0.1, 0.15) is 5.56 Å². The molecule has 4 aromatic rings. The summed E-state index contributed by atoms with van der Waals surface area (Å²) in [6, 6.07) is 36.1. The first-order valence-electron chi connectivity index (χ1n) is 9.24. The van der Waals surface area contributed by atoms with Gasteiger partial charge in [-0.05, 0) is 61.3 Å². The minimum Gasteiger partial charge on any atom is -0.355 e. The van der Waals surface area contributed by atoms with E-state index in [4.69, 9.17) is 11.6 Å². The molecule has 0 aliphatic rings. The Labute approximate surface area is 172 Å². The number of hydrogen-bond acceptors (Lipinski definition) is 1. The molecule has 1 N–H and O–H groups in total. The number of hydrogen-bond donors (Lipinski definition) is 1. The maximum absolute atomic E-state index is 6.06. The summed E-state index contributed by atoms with van der Waals surface area (Å²) in [5.41, 5.74) is 3.41. The molecule has 0 saturated heterocycles. The zero-order valence-electron chi connectivity index (χ0n) is 15.6. The molecule has 0 saturated carbocycles. The lowest BCUT2D eigenvalue weighted by Gasteiger charge is -2.23. The molecule has 28 heavy (non-hydrogen) atoms. The molecular formula is C25H21ClNP. The smallest absolute Gasteiger partial charge is 0.0471 e. The van der Waals surface area contributed by atoms with Gasteiger partial charge in [-0.1, -0.05) is 84.4 Å². The Morgan fingerprint density at radius 2 is 1.25 bits per heavy atom. The summed E-state index contributed by atoms with van der Waals surface area (Å²) in [5, 5.41) is 8.35. The van der Waals surface area contributed by atoms with E-state index in [0.29, 0.717) is 0 Å². The van der Waals surface area contributed by atoms with Crippen molar-refractivity contribution in [3.63, 3.8) is 0 Å². The minimum absolute atomic E-state index is 0.670. The summed E-state index contributed by atoms with van der Waals surface area (Å²) >= 11 is 6.06. The van der Waals surface area contributed by atoms with Crippen molar-refractivity contribution in [1.82, 2.24) is 0 Å². The van der Waals surface area contributed by atoms with Crippen molar-refractivity contribution in [1.29, 1.82) is 0 Å². The average Bonchev–Trinajstić information content (AvgIpc) is 2.73. The fourth-order valence-electron chi connectivity index (χ4n) is 3.22. The van der Waals surface area contributed by atoms with Gasteiger partial charge >= 0.3 is 0 Å². The van der Waals surface area contributed by atoms with Crippen molar-refractivity contribution in [2.45, 2.75) is 6.92 Å². The molecule has 0 aliphatic heterocycles. The normalized spacial score (nSPS) is 10.8. The van der Waals surface area contributed by atoms with Crippen molar-refractivity contribution < 1.29 is 0 Å². The van der Waals surface area contributed by atoms with E-state index < -0.39 is 7.92 Å². The lowest BCUT2D eigenvalue weighted by Crippen LogP contribution is -2.22. The Bertz CT molecular complexity index is 1010. The van der Waals surface area contributed by atoms with Crippen LogP contribution in [0.4, 0.5) is 11.4 Å². The van der Waals surface area contributed by atoms with Gasteiger partial charge in [-0.3, -0.25) is 0 Å². The average molecular weight is 402 g/mol. The molecule has 0 spiro atoms. The first kappa shape index (κ1) is 18.7. The molecule has 0 bridgehead atoms. The predicted octanol–water partition coefficient (Wildman–Crippen LogP) is 6.15. The molecule has 0 fully saturated rings. The zero-order chi connectivity index (χ0) is 19.3. The van der Waals surface area contributed by atoms with Crippen LogP contribution in [0, 0.1) is 6.92 Å². The summed E-state index contributed by atoms with van der Waals surface area (Å²) in [4.78, 5) is 0. The van der Waals surface area contributed by atoms with Gasteiger partial charge < -0.3 is 5.32 Å². The summed E-state index contributed by atoms with van der Waals surface area (Å²) in [7, 11) is -0.670. The van der Waals surface area contributed by atoms with Gasteiger partial charge in [0.2, 0.25) is 0 Å². The molecule has 3 heteroatoms. The van der Waals surface area contributed by atoms with E-state index in [1.807, 2.05) is 24.3 Å². The Hall–Kier alpha value is -2.60. The lowest BCUT2D eigenvalue weighted by molar-refractivity contribution is 1.47. The molecule has 138 valence electrons. The van der Waals surface area contributed by atoms with Crippen LogP contribution >= 0.6 is 19.5 Å². The molecule has 0 amide bonds. The number of benzene rings is 4. The van der Waals surface area contributed by atoms with E-state index in [-0.39, 0.29) is 0 Å². The molecule has 0 unspecified atom stereocenters.